The van der Waals surface area contributed by atoms with Gasteiger partial charge in [0.15, 0.2) is 17.3 Å². The summed E-state index contributed by atoms with van der Waals surface area (Å²) in [4.78, 5) is 2.21. The minimum atomic E-state index is -1.92. The van der Waals surface area contributed by atoms with Crippen molar-refractivity contribution < 1.29 is 18.4 Å². The molecule has 4 rings (SSSR count). The molecule has 0 bridgehead atoms. The van der Waals surface area contributed by atoms with E-state index in [0.717, 1.165) is 24.5 Å². The van der Waals surface area contributed by atoms with Crippen LogP contribution in [0.3, 0.4) is 0 Å². The van der Waals surface area contributed by atoms with E-state index in [9.17, 15) is 13.7 Å². The average Bonchev–Trinajstić information content (AvgIpc) is 3.20. The molecule has 2 heterocycles. The molecule has 1 fully saturated rings. The minimum Gasteiger partial charge on any atom is -0.502 e. The van der Waals surface area contributed by atoms with Gasteiger partial charge in [0.25, 0.3) is 0 Å². The van der Waals surface area contributed by atoms with Gasteiger partial charge in [-0.1, -0.05) is 0 Å². The number of anilines is 1. The fourth-order valence-electron chi connectivity index (χ4n) is 3.35. The molecule has 1 N–H and O–H groups in total. The molecule has 1 aromatic heterocycles. The molecule has 1 saturated heterocycles. The second kappa shape index (κ2) is 7.44. The highest BCUT2D eigenvalue weighted by Gasteiger charge is 2.18. The number of benzene rings is 2. The van der Waals surface area contributed by atoms with Crippen molar-refractivity contribution in [1.82, 2.24) is 9.78 Å². The summed E-state index contributed by atoms with van der Waals surface area (Å²) in [5, 5.41) is 14.0. The number of phenolic OH excluding ortho intramolecular Hbond substituents is 1. The Kier molecular flexibility index (Phi) is 4.96. The maximum absolute atomic E-state index is 13.9. The van der Waals surface area contributed by atoms with Crippen molar-refractivity contribution in [2.75, 3.05) is 36.6 Å². The Balaban J connectivity index is 1.55. The fraction of sp³-hybridized carbons (Fsp3) is 0.238. The molecule has 0 spiro atoms. The van der Waals surface area contributed by atoms with Crippen LogP contribution in [-0.2, 0) is 9.52 Å². The summed E-state index contributed by atoms with van der Waals surface area (Å²) in [5.74, 6) is 3.85. The Morgan fingerprint density at radius 2 is 1.79 bits per heavy atom. The number of aromatic nitrogens is 2. The molecule has 0 amide bonds. The van der Waals surface area contributed by atoms with Gasteiger partial charge in [-0.2, -0.15) is 5.10 Å². The van der Waals surface area contributed by atoms with Crippen LogP contribution in [-0.4, -0.2) is 56.7 Å². The Labute approximate surface area is 169 Å². The summed E-state index contributed by atoms with van der Waals surface area (Å²) in [6, 6.07) is 10.8. The van der Waals surface area contributed by atoms with Gasteiger partial charge in [0.05, 0.1) is 19.0 Å². The summed E-state index contributed by atoms with van der Waals surface area (Å²) >= 11 is 0. The first-order valence-corrected chi connectivity index (χ1v) is 11.2. The lowest BCUT2D eigenvalue weighted by Gasteiger charge is -2.30. The van der Waals surface area contributed by atoms with Gasteiger partial charge in [0.2, 0.25) is 0 Å². The van der Waals surface area contributed by atoms with Crippen LogP contribution in [0.25, 0.3) is 16.8 Å². The number of hydrogen-bond donors (Lipinski definition) is 1. The van der Waals surface area contributed by atoms with Crippen molar-refractivity contribution in [3.8, 4) is 28.3 Å². The predicted molar refractivity (Wildman–Crippen MR) is 114 cm³/mol. The number of ether oxygens (including phenoxy) is 1. The highest BCUT2D eigenvalue weighted by atomic mass is 32.2. The van der Waals surface area contributed by atoms with Gasteiger partial charge in [-0.05, 0) is 57.4 Å². The molecular formula is C21H22FN3O3S. The van der Waals surface area contributed by atoms with E-state index < -0.39 is 21.1 Å². The normalized spacial score (nSPS) is 16.0. The summed E-state index contributed by atoms with van der Waals surface area (Å²) in [5.41, 5.74) is 3.20. The fourth-order valence-corrected chi connectivity index (χ4v) is 4.66. The van der Waals surface area contributed by atoms with Crippen LogP contribution in [0.15, 0.2) is 48.8 Å². The highest BCUT2D eigenvalue weighted by Crippen LogP contribution is 2.34. The lowest BCUT2D eigenvalue weighted by molar-refractivity contribution is 0.357. The zero-order valence-electron chi connectivity index (χ0n) is 16.0. The van der Waals surface area contributed by atoms with E-state index in [1.807, 2.05) is 24.3 Å². The number of rotatable bonds is 4. The van der Waals surface area contributed by atoms with Crippen LogP contribution in [0.1, 0.15) is 0 Å². The molecule has 2 aromatic carbocycles. The Hall–Kier alpha value is -3.00. The molecule has 3 aromatic rings. The molecule has 0 aliphatic carbocycles. The third-order valence-electron chi connectivity index (χ3n) is 5.11. The summed E-state index contributed by atoms with van der Waals surface area (Å²) in [6.45, 7) is 1.48. The highest BCUT2D eigenvalue weighted by molar-refractivity contribution is 8.00. The number of methoxy groups -OCH3 is 1. The third kappa shape index (κ3) is 3.93. The molecule has 1 aliphatic rings. The van der Waals surface area contributed by atoms with E-state index in [1.54, 1.807) is 23.1 Å². The Bertz CT molecular complexity index is 1130. The first kappa shape index (κ1) is 19.3. The molecular weight excluding hydrogens is 393 g/mol. The van der Waals surface area contributed by atoms with Crippen LogP contribution in [0.4, 0.5) is 10.1 Å². The number of nitrogens with zero attached hydrogens (tertiary/aromatic N) is 3. The van der Waals surface area contributed by atoms with E-state index in [1.165, 1.54) is 13.2 Å². The molecule has 152 valence electrons. The first-order chi connectivity index (χ1) is 13.9. The monoisotopic (exact) mass is 415 g/mol. The van der Waals surface area contributed by atoms with Crippen molar-refractivity contribution in [1.29, 1.82) is 0 Å². The first-order valence-electron chi connectivity index (χ1n) is 9.16. The van der Waals surface area contributed by atoms with Gasteiger partial charge in [0.1, 0.15) is 0 Å². The van der Waals surface area contributed by atoms with E-state index in [-0.39, 0.29) is 5.75 Å². The zero-order valence-corrected chi connectivity index (χ0v) is 16.9. The molecule has 0 radical (unpaired) electrons. The number of hydrogen-bond acceptors (Lipinski definition) is 5. The van der Waals surface area contributed by atoms with Crippen LogP contribution in [0.5, 0.6) is 11.5 Å². The second-order valence-corrected chi connectivity index (χ2v) is 9.81. The van der Waals surface area contributed by atoms with E-state index in [4.69, 9.17) is 4.74 Å². The van der Waals surface area contributed by atoms with Crippen molar-refractivity contribution in [2.24, 2.45) is 0 Å². The SMILES string of the molecule is C=S1(=O)CCN(c2ccc(-n3cc(-c4cc(F)c(O)c(OC)c4)cn3)cc2)CC1. The van der Waals surface area contributed by atoms with E-state index >= 15 is 0 Å². The van der Waals surface area contributed by atoms with Crippen molar-refractivity contribution in [2.45, 2.75) is 0 Å². The van der Waals surface area contributed by atoms with Gasteiger partial charge in [-0.15, -0.1) is 0 Å². The third-order valence-corrected chi connectivity index (χ3v) is 6.96. The quantitative estimate of drug-likeness (QED) is 0.664. The lowest BCUT2D eigenvalue weighted by Crippen LogP contribution is -2.40. The summed E-state index contributed by atoms with van der Waals surface area (Å²) in [7, 11) is -0.540. The van der Waals surface area contributed by atoms with Gasteiger partial charge in [-0.25, -0.2) is 9.07 Å². The standard InChI is InChI=1S/C21H22FN3O3S/c1-28-20-12-15(11-19(22)21(20)26)16-13-23-25(14-16)18-5-3-17(4-6-18)24-7-9-29(2,27)10-8-24/h3-6,11-14,26H,2,7-10H2,1H3. The largest absolute Gasteiger partial charge is 0.502 e. The van der Waals surface area contributed by atoms with Crippen molar-refractivity contribution in [3.05, 3.63) is 54.6 Å². The molecule has 0 saturated carbocycles. The van der Waals surface area contributed by atoms with Gasteiger partial charge in [0, 0.05) is 42.0 Å². The van der Waals surface area contributed by atoms with Crippen LogP contribution in [0.2, 0.25) is 0 Å². The number of halogens is 1. The minimum absolute atomic E-state index is 0.0739. The van der Waals surface area contributed by atoms with Crippen LogP contribution < -0.4 is 9.64 Å². The van der Waals surface area contributed by atoms with Gasteiger partial charge >= 0.3 is 0 Å². The maximum Gasteiger partial charge on any atom is 0.194 e. The molecule has 8 heteroatoms. The predicted octanol–water partition coefficient (Wildman–Crippen LogP) is 2.93. The summed E-state index contributed by atoms with van der Waals surface area (Å²) in [6.07, 6.45) is 3.42. The summed E-state index contributed by atoms with van der Waals surface area (Å²) < 4.78 is 32.7. The van der Waals surface area contributed by atoms with Crippen molar-refractivity contribution >= 4 is 21.1 Å². The number of aromatic hydroxyl groups is 1. The molecule has 6 nitrogen and oxygen atoms in total. The zero-order chi connectivity index (χ0) is 20.6. The van der Waals surface area contributed by atoms with E-state index in [2.05, 4.69) is 15.9 Å². The molecule has 0 atom stereocenters. The Morgan fingerprint density at radius 3 is 2.45 bits per heavy atom. The lowest BCUT2D eigenvalue weighted by atomic mass is 10.1. The topological polar surface area (TPSA) is 67.6 Å². The molecule has 1 aliphatic heterocycles. The number of phenols is 1. The van der Waals surface area contributed by atoms with E-state index in [0.29, 0.717) is 22.6 Å². The molecule has 29 heavy (non-hydrogen) atoms. The molecule has 0 unspecified atom stereocenters. The average molecular weight is 415 g/mol. The smallest absolute Gasteiger partial charge is 0.194 e. The second-order valence-electron chi connectivity index (χ2n) is 7.06. The van der Waals surface area contributed by atoms with Gasteiger partial charge < -0.3 is 14.7 Å². The van der Waals surface area contributed by atoms with Gasteiger partial charge in [-0.3, -0.25) is 4.21 Å². The Morgan fingerprint density at radius 1 is 1.14 bits per heavy atom. The van der Waals surface area contributed by atoms with Crippen molar-refractivity contribution in [3.63, 3.8) is 0 Å². The van der Waals surface area contributed by atoms with Crippen LogP contribution >= 0.6 is 0 Å². The maximum atomic E-state index is 13.9. The van der Waals surface area contributed by atoms with Crippen LogP contribution in [0, 0.1) is 5.82 Å².